The van der Waals surface area contributed by atoms with Crippen LogP contribution in [-0.2, 0) is 5.16 Å². The first-order chi connectivity index (χ1) is 10.4. The second kappa shape index (κ2) is 6.32. The van der Waals surface area contributed by atoms with Crippen molar-refractivity contribution in [3.8, 4) is 0 Å². The summed E-state index contributed by atoms with van der Waals surface area (Å²) in [6.07, 6.45) is 18.4. The molecule has 1 heterocycles. The van der Waals surface area contributed by atoms with Crippen molar-refractivity contribution in [1.29, 1.82) is 0 Å². The third-order valence-electron chi connectivity index (χ3n) is 6.34. The summed E-state index contributed by atoms with van der Waals surface area (Å²) in [7, 11) is 0.212. The summed E-state index contributed by atoms with van der Waals surface area (Å²) in [5.41, 5.74) is 2.23. The SMILES string of the molecule is c1csc(C2(P(C3CCCC3)C3CCCC3)CCCC2)c1. The zero-order valence-electron chi connectivity index (χ0n) is 13.2. The van der Waals surface area contributed by atoms with Crippen molar-refractivity contribution in [3.63, 3.8) is 0 Å². The number of thiophene rings is 1. The van der Waals surface area contributed by atoms with Crippen molar-refractivity contribution in [2.75, 3.05) is 0 Å². The first-order valence-corrected chi connectivity index (χ1v) is 11.6. The Bertz CT molecular complexity index is 418. The van der Waals surface area contributed by atoms with Crippen LogP contribution in [-0.4, -0.2) is 11.3 Å². The van der Waals surface area contributed by atoms with Gasteiger partial charge in [0.25, 0.3) is 0 Å². The lowest BCUT2D eigenvalue weighted by Gasteiger charge is -2.45. The van der Waals surface area contributed by atoms with E-state index >= 15 is 0 Å². The van der Waals surface area contributed by atoms with E-state index in [9.17, 15) is 0 Å². The zero-order valence-corrected chi connectivity index (χ0v) is 14.9. The maximum absolute atomic E-state index is 2.50. The first kappa shape index (κ1) is 14.7. The minimum Gasteiger partial charge on any atom is -0.148 e. The van der Waals surface area contributed by atoms with E-state index in [0.29, 0.717) is 5.16 Å². The maximum atomic E-state index is 2.50. The van der Waals surface area contributed by atoms with Crippen LogP contribution in [0, 0.1) is 0 Å². The molecule has 3 aliphatic carbocycles. The molecule has 116 valence electrons. The highest BCUT2D eigenvalue weighted by Gasteiger charge is 2.49. The quantitative estimate of drug-likeness (QED) is 0.530. The van der Waals surface area contributed by atoms with Gasteiger partial charge in [-0.25, -0.2) is 0 Å². The largest absolute Gasteiger partial charge is 0.148 e. The molecule has 3 fully saturated rings. The van der Waals surface area contributed by atoms with E-state index in [2.05, 4.69) is 28.8 Å². The Morgan fingerprint density at radius 2 is 1.43 bits per heavy atom. The van der Waals surface area contributed by atoms with Crippen molar-refractivity contribution < 1.29 is 0 Å². The standard InChI is InChI=1S/C19H29PS/c1-2-9-16(8-1)20(17-10-3-4-11-17)19(13-5-6-14-19)18-12-7-15-21-18/h7,12,15-17H,1-6,8-11,13-14H2. The van der Waals surface area contributed by atoms with Gasteiger partial charge in [0, 0.05) is 10.0 Å². The highest BCUT2D eigenvalue weighted by Crippen LogP contribution is 2.73. The fourth-order valence-electron chi connectivity index (χ4n) is 5.50. The molecule has 3 aliphatic rings. The molecule has 1 aromatic heterocycles. The molecule has 0 atom stereocenters. The van der Waals surface area contributed by atoms with Gasteiger partial charge in [0.05, 0.1) is 0 Å². The zero-order chi connectivity index (χ0) is 14.1. The second-order valence-electron chi connectivity index (χ2n) is 7.50. The monoisotopic (exact) mass is 320 g/mol. The number of hydrogen-bond acceptors (Lipinski definition) is 1. The molecule has 1 aromatic rings. The number of hydrogen-bond donors (Lipinski definition) is 0. The van der Waals surface area contributed by atoms with Crippen molar-refractivity contribution in [1.82, 2.24) is 0 Å². The van der Waals surface area contributed by atoms with Gasteiger partial charge in [0.15, 0.2) is 0 Å². The lowest BCUT2D eigenvalue weighted by molar-refractivity contribution is 0.619. The van der Waals surface area contributed by atoms with Gasteiger partial charge in [0.2, 0.25) is 0 Å². The average molecular weight is 320 g/mol. The lowest BCUT2D eigenvalue weighted by atomic mass is 10.1. The Balaban J connectivity index is 1.72. The Morgan fingerprint density at radius 1 is 0.857 bits per heavy atom. The molecule has 0 saturated heterocycles. The smallest absolute Gasteiger partial charge is 0.0253 e. The summed E-state index contributed by atoms with van der Waals surface area (Å²) in [6, 6.07) is 4.81. The molecule has 4 rings (SSSR count). The van der Waals surface area contributed by atoms with E-state index in [1.165, 1.54) is 51.4 Å². The minimum atomic E-state index is 0.212. The molecule has 0 amide bonds. The average Bonchev–Trinajstić information content (AvgIpc) is 3.30. The van der Waals surface area contributed by atoms with Crippen molar-refractivity contribution in [3.05, 3.63) is 22.4 Å². The summed E-state index contributed by atoms with van der Waals surface area (Å²) in [5, 5.41) is 2.99. The summed E-state index contributed by atoms with van der Waals surface area (Å²) >= 11 is 2.08. The van der Waals surface area contributed by atoms with E-state index in [-0.39, 0.29) is 7.92 Å². The Morgan fingerprint density at radius 3 is 1.90 bits per heavy atom. The van der Waals surface area contributed by atoms with Crippen molar-refractivity contribution >= 4 is 19.3 Å². The summed E-state index contributed by atoms with van der Waals surface area (Å²) in [6.45, 7) is 0. The van der Waals surface area contributed by atoms with Crippen LogP contribution in [0.5, 0.6) is 0 Å². The van der Waals surface area contributed by atoms with E-state index in [0.717, 1.165) is 11.3 Å². The van der Waals surface area contributed by atoms with Crippen LogP contribution in [0.4, 0.5) is 0 Å². The van der Waals surface area contributed by atoms with Gasteiger partial charge in [-0.15, -0.1) is 11.3 Å². The third kappa shape index (κ3) is 2.63. The molecule has 0 N–H and O–H groups in total. The Hall–Kier alpha value is 0.130. The van der Waals surface area contributed by atoms with Crippen LogP contribution < -0.4 is 0 Å². The van der Waals surface area contributed by atoms with Crippen LogP contribution in [0.25, 0.3) is 0 Å². The molecule has 0 spiro atoms. The number of rotatable bonds is 4. The molecule has 0 bridgehead atoms. The highest BCUT2D eigenvalue weighted by molar-refractivity contribution is 7.60. The summed E-state index contributed by atoms with van der Waals surface area (Å²) in [5.74, 6) is 0. The fourth-order valence-corrected chi connectivity index (χ4v) is 11.9. The van der Waals surface area contributed by atoms with E-state index < -0.39 is 0 Å². The van der Waals surface area contributed by atoms with E-state index in [4.69, 9.17) is 0 Å². The van der Waals surface area contributed by atoms with Gasteiger partial charge >= 0.3 is 0 Å². The molecule has 2 heteroatoms. The van der Waals surface area contributed by atoms with Crippen LogP contribution in [0.15, 0.2) is 17.5 Å². The molecule has 0 aliphatic heterocycles. The topological polar surface area (TPSA) is 0 Å². The van der Waals surface area contributed by atoms with Gasteiger partial charge < -0.3 is 0 Å². The van der Waals surface area contributed by atoms with Crippen molar-refractivity contribution in [2.24, 2.45) is 0 Å². The predicted octanol–water partition coefficient (Wildman–Crippen LogP) is 6.88. The maximum Gasteiger partial charge on any atom is 0.0253 e. The first-order valence-electron chi connectivity index (χ1n) is 9.23. The van der Waals surface area contributed by atoms with Crippen LogP contribution in [0.1, 0.15) is 81.9 Å². The highest BCUT2D eigenvalue weighted by atomic mass is 32.1. The third-order valence-corrected chi connectivity index (χ3v) is 11.8. The van der Waals surface area contributed by atoms with Crippen LogP contribution in [0.2, 0.25) is 0 Å². The molecule has 21 heavy (non-hydrogen) atoms. The summed E-state index contributed by atoms with van der Waals surface area (Å²) < 4.78 is 0. The lowest BCUT2D eigenvalue weighted by Crippen LogP contribution is -2.28. The molecule has 0 unspecified atom stereocenters. The predicted molar refractivity (Wildman–Crippen MR) is 95.9 cm³/mol. The van der Waals surface area contributed by atoms with Crippen LogP contribution in [0.3, 0.4) is 0 Å². The Labute approximate surface area is 135 Å². The Kier molecular flexibility index (Phi) is 4.43. The van der Waals surface area contributed by atoms with Gasteiger partial charge in [-0.3, -0.25) is 0 Å². The van der Waals surface area contributed by atoms with E-state index in [1.54, 1.807) is 30.6 Å². The minimum absolute atomic E-state index is 0.212. The fraction of sp³-hybridized carbons (Fsp3) is 0.789. The van der Waals surface area contributed by atoms with E-state index in [1.807, 2.05) is 0 Å². The van der Waals surface area contributed by atoms with Crippen LogP contribution >= 0.6 is 19.3 Å². The van der Waals surface area contributed by atoms with Gasteiger partial charge in [-0.2, -0.15) is 0 Å². The van der Waals surface area contributed by atoms with Gasteiger partial charge in [0.1, 0.15) is 0 Å². The van der Waals surface area contributed by atoms with Gasteiger partial charge in [-0.1, -0.05) is 52.5 Å². The van der Waals surface area contributed by atoms with Crippen molar-refractivity contribution in [2.45, 2.75) is 93.5 Å². The van der Waals surface area contributed by atoms with Gasteiger partial charge in [-0.05, 0) is 61.3 Å². The second-order valence-corrected chi connectivity index (χ2v) is 11.6. The molecular formula is C19H29PS. The molecule has 0 aromatic carbocycles. The molecule has 0 radical (unpaired) electrons. The summed E-state index contributed by atoms with van der Waals surface area (Å²) in [4.78, 5) is 1.78. The molecule has 0 nitrogen and oxygen atoms in total. The normalized spacial score (nSPS) is 27.1. The molecule has 3 saturated carbocycles. The molecular weight excluding hydrogens is 291 g/mol.